The Balaban J connectivity index is 1.30. The van der Waals surface area contributed by atoms with E-state index >= 15 is 0 Å². The van der Waals surface area contributed by atoms with E-state index < -0.39 is 0 Å². The fourth-order valence-electron chi connectivity index (χ4n) is 5.20. The van der Waals surface area contributed by atoms with E-state index in [9.17, 15) is 0 Å². The van der Waals surface area contributed by atoms with E-state index in [4.69, 9.17) is 10.1 Å². The summed E-state index contributed by atoms with van der Waals surface area (Å²) in [5.41, 5.74) is 6.22. The van der Waals surface area contributed by atoms with Gasteiger partial charge in [0.2, 0.25) is 0 Å². The Morgan fingerprint density at radius 3 is 2.59 bits per heavy atom. The van der Waals surface area contributed by atoms with Crippen LogP contribution in [0.25, 0.3) is 5.69 Å². The van der Waals surface area contributed by atoms with Crippen LogP contribution >= 0.6 is 0 Å². The second-order valence-corrected chi connectivity index (χ2v) is 9.62. The Labute approximate surface area is 190 Å². The lowest BCUT2D eigenvalue weighted by Gasteiger charge is -2.32. The number of fused-ring (bicyclic) bond motifs is 1. The summed E-state index contributed by atoms with van der Waals surface area (Å²) in [5.74, 6) is 2.99. The van der Waals surface area contributed by atoms with Gasteiger partial charge in [0.15, 0.2) is 0 Å². The highest BCUT2D eigenvalue weighted by atomic mass is 15.4. The standard InChI is InChI=1S/C26H32N6/c1-19-23(18-30-15-12-24-21(17-30)16-27-25(28-24)20-10-11-20)26(31-13-6-3-7-14-31)32(29-19)22-8-4-2-5-9-22/h2,4-5,8-9,16,20H,3,6-7,10-15,17-18H2,1H3. The van der Waals surface area contributed by atoms with Crippen molar-refractivity contribution in [2.45, 2.75) is 64.5 Å². The van der Waals surface area contributed by atoms with E-state index in [2.05, 4.69) is 62.9 Å². The van der Waals surface area contributed by atoms with Crippen LogP contribution in [0.1, 0.15) is 66.4 Å². The summed E-state index contributed by atoms with van der Waals surface area (Å²) in [6, 6.07) is 10.6. The lowest BCUT2D eigenvalue weighted by Crippen LogP contribution is -2.34. The monoisotopic (exact) mass is 428 g/mol. The zero-order valence-electron chi connectivity index (χ0n) is 19.0. The van der Waals surface area contributed by atoms with Gasteiger partial charge < -0.3 is 4.90 Å². The molecule has 0 N–H and O–H groups in total. The molecule has 6 heteroatoms. The molecule has 2 aromatic heterocycles. The fourth-order valence-corrected chi connectivity index (χ4v) is 5.20. The topological polar surface area (TPSA) is 50.1 Å². The molecule has 0 unspecified atom stereocenters. The van der Waals surface area contributed by atoms with Gasteiger partial charge in [-0.05, 0) is 51.2 Å². The Morgan fingerprint density at radius 1 is 1.00 bits per heavy atom. The van der Waals surface area contributed by atoms with Crippen LogP contribution in [0.2, 0.25) is 0 Å². The molecule has 0 radical (unpaired) electrons. The molecule has 0 spiro atoms. The molecule has 2 fully saturated rings. The van der Waals surface area contributed by atoms with Crippen molar-refractivity contribution in [1.29, 1.82) is 0 Å². The van der Waals surface area contributed by atoms with Gasteiger partial charge in [0, 0.05) is 68.1 Å². The first-order chi connectivity index (χ1) is 15.8. The van der Waals surface area contributed by atoms with E-state index in [0.717, 1.165) is 56.4 Å². The minimum atomic E-state index is 0.622. The van der Waals surface area contributed by atoms with E-state index in [1.807, 2.05) is 0 Å². The first kappa shape index (κ1) is 19.9. The van der Waals surface area contributed by atoms with Crippen molar-refractivity contribution in [2.75, 3.05) is 24.5 Å². The molecule has 0 bridgehead atoms. The van der Waals surface area contributed by atoms with E-state index in [1.54, 1.807) is 0 Å². The van der Waals surface area contributed by atoms with Crippen LogP contribution in [-0.2, 0) is 19.5 Å². The maximum Gasteiger partial charge on any atom is 0.137 e. The predicted octanol–water partition coefficient (Wildman–Crippen LogP) is 4.40. The van der Waals surface area contributed by atoms with Gasteiger partial charge in [-0.15, -0.1) is 0 Å². The smallest absolute Gasteiger partial charge is 0.137 e. The lowest BCUT2D eigenvalue weighted by molar-refractivity contribution is 0.242. The van der Waals surface area contributed by atoms with E-state index in [1.165, 1.54) is 54.7 Å². The number of aryl methyl sites for hydroxylation is 1. The van der Waals surface area contributed by atoms with Crippen molar-refractivity contribution in [2.24, 2.45) is 0 Å². The zero-order chi connectivity index (χ0) is 21.5. The summed E-state index contributed by atoms with van der Waals surface area (Å²) < 4.78 is 2.18. The third-order valence-corrected chi connectivity index (χ3v) is 7.17. The maximum atomic E-state index is 5.03. The second kappa shape index (κ2) is 8.32. The molecular weight excluding hydrogens is 396 g/mol. The normalized spacial score (nSPS) is 19.2. The average Bonchev–Trinajstić information content (AvgIpc) is 3.64. The van der Waals surface area contributed by atoms with Crippen LogP contribution in [0.4, 0.5) is 5.82 Å². The quantitative estimate of drug-likeness (QED) is 0.603. The van der Waals surface area contributed by atoms with Crippen LogP contribution < -0.4 is 4.90 Å². The molecule has 32 heavy (non-hydrogen) atoms. The van der Waals surface area contributed by atoms with Crippen LogP contribution in [0, 0.1) is 6.92 Å². The molecule has 1 saturated heterocycles. The number of hydrogen-bond acceptors (Lipinski definition) is 5. The molecule has 166 valence electrons. The summed E-state index contributed by atoms with van der Waals surface area (Å²) in [6.45, 7) is 7.30. The van der Waals surface area contributed by atoms with Gasteiger partial charge in [-0.1, -0.05) is 18.2 Å². The fraction of sp³-hybridized carbons (Fsp3) is 0.500. The van der Waals surface area contributed by atoms with Crippen molar-refractivity contribution in [1.82, 2.24) is 24.6 Å². The number of benzene rings is 1. The van der Waals surface area contributed by atoms with Crippen molar-refractivity contribution < 1.29 is 0 Å². The van der Waals surface area contributed by atoms with Gasteiger partial charge >= 0.3 is 0 Å². The Morgan fingerprint density at radius 2 is 1.81 bits per heavy atom. The van der Waals surface area contributed by atoms with Crippen LogP contribution in [0.5, 0.6) is 0 Å². The molecule has 1 aromatic carbocycles. The molecule has 2 aliphatic heterocycles. The third-order valence-electron chi connectivity index (χ3n) is 7.17. The first-order valence-corrected chi connectivity index (χ1v) is 12.2. The molecule has 3 aromatic rings. The Kier molecular flexibility index (Phi) is 5.18. The van der Waals surface area contributed by atoms with Crippen molar-refractivity contribution >= 4 is 5.82 Å². The van der Waals surface area contributed by atoms with Crippen molar-refractivity contribution in [3.63, 3.8) is 0 Å². The largest absolute Gasteiger partial charge is 0.356 e. The number of rotatable bonds is 5. The highest BCUT2D eigenvalue weighted by molar-refractivity contribution is 5.55. The minimum Gasteiger partial charge on any atom is -0.356 e. The van der Waals surface area contributed by atoms with Gasteiger partial charge in [-0.3, -0.25) is 4.90 Å². The zero-order valence-corrected chi connectivity index (χ0v) is 19.0. The summed E-state index contributed by atoms with van der Waals surface area (Å²) in [6.07, 6.45) is 9.47. The molecule has 6 rings (SSSR count). The number of para-hydroxylation sites is 1. The Hall–Kier alpha value is -2.73. The van der Waals surface area contributed by atoms with Crippen molar-refractivity contribution in [3.05, 3.63) is 64.9 Å². The SMILES string of the molecule is Cc1nn(-c2ccccc2)c(N2CCCCC2)c1CN1CCc2nc(C3CC3)ncc2C1. The highest BCUT2D eigenvalue weighted by Gasteiger charge is 2.29. The van der Waals surface area contributed by atoms with E-state index in [0.29, 0.717) is 5.92 Å². The second-order valence-electron chi connectivity index (χ2n) is 9.62. The lowest BCUT2D eigenvalue weighted by atomic mass is 10.1. The summed E-state index contributed by atoms with van der Waals surface area (Å²) in [5, 5.41) is 5.03. The number of aromatic nitrogens is 4. The van der Waals surface area contributed by atoms with E-state index in [-0.39, 0.29) is 0 Å². The number of anilines is 1. The van der Waals surface area contributed by atoms with Crippen molar-refractivity contribution in [3.8, 4) is 5.69 Å². The summed E-state index contributed by atoms with van der Waals surface area (Å²) in [7, 11) is 0. The Bertz CT molecular complexity index is 1100. The third kappa shape index (κ3) is 3.81. The molecular formula is C26H32N6. The van der Waals surface area contributed by atoms with Crippen LogP contribution in [0.3, 0.4) is 0 Å². The van der Waals surface area contributed by atoms with Gasteiger partial charge in [-0.25, -0.2) is 14.6 Å². The molecule has 1 aliphatic carbocycles. The number of piperidine rings is 1. The van der Waals surface area contributed by atoms with Crippen LogP contribution in [0.15, 0.2) is 36.5 Å². The predicted molar refractivity (Wildman–Crippen MR) is 126 cm³/mol. The van der Waals surface area contributed by atoms with Gasteiger partial charge in [-0.2, -0.15) is 5.10 Å². The number of hydrogen-bond donors (Lipinski definition) is 0. The van der Waals surface area contributed by atoms with Gasteiger partial charge in [0.05, 0.1) is 11.4 Å². The summed E-state index contributed by atoms with van der Waals surface area (Å²) >= 11 is 0. The van der Waals surface area contributed by atoms with Gasteiger partial charge in [0.1, 0.15) is 11.6 Å². The van der Waals surface area contributed by atoms with Gasteiger partial charge in [0.25, 0.3) is 0 Å². The molecule has 4 heterocycles. The first-order valence-electron chi connectivity index (χ1n) is 12.2. The average molecular weight is 429 g/mol. The summed E-state index contributed by atoms with van der Waals surface area (Å²) in [4.78, 5) is 14.7. The molecule has 1 saturated carbocycles. The number of nitrogens with zero attached hydrogens (tertiary/aromatic N) is 6. The molecule has 3 aliphatic rings. The highest BCUT2D eigenvalue weighted by Crippen LogP contribution is 2.38. The van der Waals surface area contributed by atoms with Crippen LogP contribution in [-0.4, -0.2) is 44.3 Å². The minimum absolute atomic E-state index is 0.622. The molecule has 0 amide bonds. The maximum absolute atomic E-state index is 5.03. The molecule has 6 nitrogen and oxygen atoms in total. The molecule has 0 atom stereocenters.